The van der Waals surface area contributed by atoms with Crippen molar-refractivity contribution in [2.45, 2.75) is 37.1 Å². The van der Waals surface area contributed by atoms with Gasteiger partial charge in [-0.05, 0) is 11.1 Å². The van der Waals surface area contributed by atoms with Crippen LogP contribution in [0.25, 0.3) is 0 Å². The Morgan fingerprint density at radius 2 is 1.57 bits per heavy atom. The molecule has 0 amide bonds. The Balaban J connectivity index is 1.67. The molecule has 0 spiro atoms. The fraction of sp³-hybridized carbons (Fsp3) is 0.214. The molecule has 0 aromatic heterocycles. The van der Waals surface area contributed by atoms with Gasteiger partial charge in [0.1, 0.15) is 41.1 Å². The summed E-state index contributed by atoms with van der Waals surface area (Å²) >= 11 is 0. The second-order valence-corrected chi connectivity index (χ2v) is 8.67. The van der Waals surface area contributed by atoms with Crippen LogP contribution < -0.4 is 4.74 Å². The van der Waals surface area contributed by atoms with Crippen molar-refractivity contribution in [1.82, 2.24) is 0 Å². The third-order valence-electron chi connectivity index (χ3n) is 6.44. The van der Waals surface area contributed by atoms with Crippen molar-refractivity contribution in [3.8, 4) is 17.2 Å². The lowest BCUT2D eigenvalue weighted by atomic mass is 9.80. The summed E-state index contributed by atoms with van der Waals surface area (Å²) in [6.07, 6.45) is 0.418. The second-order valence-electron chi connectivity index (χ2n) is 8.67. The first-order valence-corrected chi connectivity index (χ1v) is 11.4. The number of aromatic hydroxyl groups is 2. The summed E-state index contributed by atoms with van der Waals surface area (Å²) in [4.78, 5) is 25.1. The molecule has 0 saturated heterocycles. The number of ketones is 1. The summed E-state index contributed by atoms with van der Waals surface area (Å²) in [6.45, 7) is 0. The van der Waals surface area contributed by atoms with E-state index in [9.17, 15) is 24.9 Å². The number of hydrogen-bond donors (Lipinski definition) is 3. The predicted octanol–water partition coefficient (Wildman–Crippen LogP) is 4.17. The highest BCUT2D eigenvalue weighted by Gasteiger charge is 2.41. The molecule has 178 valence electrons. The molecule has 35 heavy (non-hydrogen) atoms. The molecule has 5 rings (SSSR count). The minimum atomic E-state index is -1.28. The van der Waals surface area contributed by atoms with Crippen LogP contribution >= 0.6 is 0 Å². The number of carbonyl (C=O) groups is 2. The molecule has 3 aromatic carbocycles. The van der Waals surface area contributed by atoms with Gasteiger partial charge < -0.3 is 24.8 Å². The van der Waals surface area contributed by atoms with Gasteiger partial charge in [-0.25, -0.2) is 4.79 Å². The Morgan fingerprint density at radius 3 is 2.26 bits per heavy atom. The Morgan fingerprint density at radius 1 is 0.886 bits per heavy atom. The maximum atomic E-state index is 13.2. The highest BCUT2D eigenvalue weighted by Crippen LogP contribution is 2.50. The molecule has 2 heterocycles. The van der Waals surface area contributed by atoms with E-state index in [1.54, 1.807) is 30.3 Å². The lowest BCUT2D eigenvalue weighted by Gasteiger charge is -2.35. The molecular formula is C28H24O7. The number of hydrogen-bond acceptors (Lipinski definition) is 7. The molecule has 7 nitrogen and oxygen atoms in total. The first kappa shape index (κ1) is 22.7. The first-order valence-electron chi connectivity index (χ1n) is 11.4. The van der Waals surface area contributed by atoms with E-state index in [4.69, 9.17) is 9.47 Å². The predicted molar refractivity (Wildman–Crippen MR) is 126 cm³/mol. The second kappa shape index (κ2) is 9.27. The van der Waals surface area contributed by atoms with Crippen molar-refractivity contribution in [2.24, 2.45) is 0 Å². The van der Waals surface area contributed by atoms with Crippen LogP contribution in [0.3, 0.4) is 0 Å². The molecule has 2 aliphatic rings. The Labute approximate surface area is 201 Å². The molecule has 3 N–H and O–H groups in total. The minimum Gasteiger partial charge on any atom is -0.507 e. The van der Waals surface area contributed by atoms with Gasteiger partial charge in [0.25, 0.3) is 0 Å². The van der Waals surface area contributed by atoms with E-state index in [1.165, 1.54) is 6.08 Å². The van der Waals surface area contributed by atoms with Gasteiger partial charge in [-0.3, -0.25) is 4.79 Å². The van der Waals surface area contributed by atoms with Crippen molar-refractivity contribution in [3.63, 3.8) is 0 Å². The van der Waals surface area contributed by atoms with Crippen LogP contribution in [-0.4, -0.2) is 39.3 Å². The Hall–Kier alpha value is -4.10. The number of aliphatic hydroxyl groups is 1. The molecule has 7 heteroatoms. The largest absolute Gasteiger partial charge is 0.507 e. The number of Topliss-reactive ketones (excluding diaryl/α,β-unsaturated/α-hetero) is 1. The van der Waals surface area contributed by atoms with E-state index < -0.39 is 35.9 Å². The highest BCUT2D eigenvalue weighted by molar-refractivity contribution is 6.03. The van der Waals surface area contributed by atoms with Crippen molar-refractivity contribution in [3.05, 3.63) is 101 Å². The van der Waals surface area contributed by atoms with Crippen LogP contribution in [-0.2, 0) is 9.53 Å². The maximum Gasteiger partial charge on any atom is 0.330 e. The zero-order chi connectivity index (χ0) is 24.5. The third kappa shape index (κ3) is 4.26. The number of aliphatic hydroxyl groups excluding tert-OH is 1. The molecule has 0 bridgehead atoms. The Bertz CT molecular complexity index is 1280. The summed E-state index contributed by atoms with van der Waals surface area (Å²) in [5.74, 6) is -2.55. The lowest BCUT2D eigenvalue weighted by Crippen LogP contribution is -2.38. The molecule has 0 radical (unpaired) electrons. The molecule has 0 unspecified atom stereocenters. The number of ether oxygens (including phenoxy) is 2. The monoisotopic (exact) mass is 472 g/mol. The van der Waals surface area contributed by atoms with Gasteiger partial charge >= 0.3 is 5.97 Å². The van der Waals surface area contributed by atoms with Gasteiger partial charge in [-0.2, -0.15) is 0 Å². The third-order valence-corrected chi connectivity index (χ3v) is 6.44. The SMILES string of the molecule is O=C1C=CC[C@H]([C@H](O)[C@@H](c2ccccc2)c2c(O)cc(O)c3c2O[C@H](c2ccccc2)CC3=O)O1. The number of esters is 1. The fourth-order valence-corrected chi connectivity index (χ4v) is 4.80. The number of benzene rings is 3. The first-order chi connectivity index (χ1) is 16.9. The van der Waals surface area contributed by atoms with E-state index in [-0.39, 0.29) is 41.3 Å². The standard InChI is InChI=1S/C28H24O7/c29-18-14-19(30)26(28-25(18)20(31)15-22(35-28)16-8-3-1-4-9-16)24(17-10-5-2-6-11-17)27(33)21-12-7-13-23(32)34-21/h1-11,13-14,21-22,24,27,29-30,33H,12,15H2/t21-,22+,24+,27+/m1/s1. The van der Waals surface area contributed by atoms with Crippen molar-refractivity contribution < 1.29 is 34.4 Å². The van der Waals surface area contributed by atoms with Crippen LogP contribution in [0.1, 0.15) is 51.9 Å². The van der Waals surface area contributed by atoms with Crippen molar-refractivity contribution >= 4 is 11.8 Å². The van der Waals surface area contributed by atoms with E-state index in [0.717, 1.165) is 11.6 Å². The van der Waals surface area contributed by atoms with E-state index in [0.29, 0.717) is 5.56 Å². The van der Waals surface area contributed by atoms with Crippen LogP contribution in [0.2, 0.25) is 0 Å². The summed E-state index contributed by atoms with van der Waals surface area (Å²) in [7, 11) is 0. The quantitative estimate of drug-likeness (QED) is 0.478. The van der Waals surface area contributed by atoms with E-state index in [2.05, 4.69) is 0 Å². The van der Waals surface area contributed by atoms with Crippen LogP contribution in [0.5, 0.6) is 17.2 Å². The highest BCUT2D eigenvalue weighted by atomic mass is 16.6. The number of phenolic OH excluding ortho intramolecular Hbond substituents is 2. The van der Waals surface area contributed by atoms with Crippen LogP contribution in [0.4, 0.5) is 0 Å². The normalized spacial score (nSPS) is 20.9. The van der Waals surface area contributed by atoms with Crippen LogP contribution in [0, 0.1) is 0 Å². The average Bonchev–Trinajstić information content (AvgIpc) is 2.86. The van der Waals surface area contributed by atoms with Crippen molar-refractivity contribution in [1.29, 1.82) is 0 Å². The maximum absolute atomic E-state index is 13.2. The van der Waals surface area contributed by atoms with Gasteiger partial charge in [0.15, 0.2) is 5.78 Å². The zero-order valence-corrected chi connectivity index (χ0v) is 18.7. The molecule has 3 aromatic rings. The molecule has 4 atom stereocenters. The van der Waals surface area contributed by atoms with Crippen LogP contribution in [0.15, 0.2) is 78.9 Å². The summed E-state index contributed by atoms with van der Waals surface area (Å²) in [6, 6.07) is 19.2. The smallest absolute Gasteiger partial charge is 0.330 e. The number of carbonyl (C=O) groups excluding carboxylic acids is 2. The zero-order valence-electron chi connectivity index (χ0n) is 18.7. The fourth-order valence-electron chi connectivity index (χ4n) is 4.80. The summed E-state index contributed by atoms with van der Waals surface area (Å²) in [5.41, 5.74) is 1.49. The lowest BCUT2D eigenvalue weighted by molar-refractivity contribution is -0.150. The van der Waals surface area contributed by atoms with E-state index in [1.807, 2.05) is 36.4 Å². The summed E-state index contributed by atoms with van der Waals surface area (Å²) in [5, 5.41) is 33.1. The number of phenols is 2. The molecule has 0 saturated carbocycles. The van der Waals surface area contributed by atoms with Gasteiger partial charge in [0, 0.05) is 30.0 Å². The molecule has 2 aliphatic heterocycles. The van der Waals surface area contributed by atoms with Gasteiger partial charge in [-0.15, -0.1) is 0 Å². The molecule has 0 aliphatic carbocycles. The average molecular weight is 472 g/mol. The summed E-state index contributed by atoms with van der Waals surface area (Å²) < 4.78 is 11.6. The number of cyclic esters (lactones) is 1. The topological polar surface area (TPSA) is 113 Å². The molecular weight excluding hydrogens is 448 g/mol. The Kier molecular flexibility index (Phi) is 6.01. The molecule has 0 fully saturated rings. The van der Waals surface area contributed by atoms with Crippen molar-refractivity contribution in [2.75, 3.05) is 0 Å². The number of fused-ring (bicyclic) bond motifs is 1. The van der Waals surface area contributed by atoms with E-state index >= 15 is 0 Å². The number of rotatable bonds is 5. The van der Waals surface area contributed by atoms with Gasteiger partial charge in [-0.1, -0.05) is 66.7 Å². The van der Waals surface area contributed by atoms with Gasteiger partial charge in [0.2, 0.25) is 0 Å². The minimum absolute atomic E-state index is 0.0122. The van der Waals surface area contributed by atoms with Gasteiger partial charge in [0.05, 0.1) is 6.42 Å².